The van der Waals surface area contributed by atoms with Crippen molar-refractivity contribution in [3.8, 4) is 0 Å². The molecule has 0 bridgehead atoms. The molecule has 1 aromatic carbocycles. The summed E-state index contributed by atoms with van der Waals surface area (Å²) in [5.41, 5.74) is 6.98. The number of aromatic nitrogens is 2. The lowest BCUT2D eigenvalue weighted by Crippen LogP contribution is -2.38. The van der Waals surface area contributed by atoms with Crippen molar-refractivity contribution < 1.29 is 4.79 Å². The van der Waals surface area contributed by atoms with E-state index < -0.39 is 11.5 Å². The number of carbonyl (C=O) groups excluding carboxylic acids is 1. The Morgan fingerprint density at radius 2 is 2.03 bits per heavy atom. The zero-order valence-corrected chi connectivity index (χ0v) is 19.8. The van der Waals surface area contributed by atoms with Gasteiger partial charge in [-0.1, -0.05) is 56.1 Å². The van der Waals surface area contributed by atoms with Crippen molar-refractivity contribution in [2.75, 3.05) is 5.32 Å². The van der Waals surface area contributed by atoms with E-state index in [0.29, 0.717) is 29.4 Å². The van der Waals surface area contributed by atoms with E-state index in [4.69, 9.17) is 22.7 Å². The molecule has 33 heavy (non-hydrogen) atoms. The molecule has 8 nitrogen and oxygen atoms in total. The third-order valence-corrected chi connectivity index (χ3v) is 7.14. The van der Waals surface area contributed by atoms with Crippen LogP contribution in [0.2, 0.25) is 5.15 Å². The lowest BCUT2D eigenvalue weighted by Gasteiger charge is -2.28. The van der Waals surface area contributed by atoms with Crippen LogP contribution in [0.25, 0.3) is 0 Å². The quantitative estimate of drug-likeness (QED) is 0.347. The second-order valence-corrected chi connectivity index (χ2v) is 9.76. The minimum atomic E-state index is -0.650. The molecule has 1 aliphatic heterocycles. The molecule has 0 saturated heterocycles. The molecule has 1 aliphatic carbocycles. The van der Waals surface area contributed by atoms with Gasteiger partial charge in [-0.2, -0.15) is 0 Å². The number of halogens is 1. The predicted octanol–water partition coefficient (Wildman–Crippen LogP) is 3.46. The van der Waals surface area contributed by atoms with Gasteiger partial charge in [0.25, 0.3) is 5.56 Å². The number of nitrogen functional groups attached to an aromatic ring is 1. The SMILES string of the molecule is CCC[C@]1(C)C[C@@H](C(=O)NCc2ccc(C(=N)N)cc2)n2c1c(Cl)nc(NC1CCC1)c2=O. The number of anilines is 1. The standard InChI is InChI=1S/C24H31ClN6O2/c1-3-11-24(2)12-17(22(32)28-13-14-7-9-15(10-8-14)20(26)27)31-18(24)19(25)30-21(23(31)33)29-16-5-4-6-16/h7-10,16-17H,3-6,11-13H2,1-2H3,(H3,26,27)(H,28,32)(H,29,30)/t17-,24+/m0/s1. The highest BCUT2D eigenvalue weighted by Gasteiger charge is 2.46. The Morgan fingerprint density at radius 1 is 1.33 bits per heavy atom. The summed E-state index contributed by atoms with van der Waals surface area (Å²) in [6.45, 7) is 4.45. The van der Waals surface area contributed by atoms with E-state index in [2.05, 4.69) is 29.5 Å². The Labute approximate surface area is 198 Å². The number of amides is 1. The highest BCUT2D eigenvalue weighted by atomic mass is 35.5. The van der Waals surface area contributed by atoms with Gasteiger partial charge in [0, 0.05) is 23.6 Å². The first-order valence-corrected chi connectivity index (χ1v) is 11.9. The van der Waals surface area contributed by atoms with Gasteiger partial charge in [-0.05, 0) is 37.7 Å². The van der Waals surface area contributed by atoms with Gasteiger partial charge in [0.1, 0.15) is 11.9 Å². The fourth-order valence-electron chi connectivity index (χ4n) is 4.90. The van der Waals surface area contributed by atoms with E-state index in [-0.39, 0.29) is 29.2 Å². The van der Waals surface area contributed by atoms with Gasteiger partial charge in [0.2, 0.25) is 5.91 Å². The Kier molecular flexibility index (Phi) is 6.47. The maximum Gasteiger partial charge on any atom is 0.294 e. The van der Waals surface area contributed by atoms with Crippen molar-refractivity contribution in [2.45, 2.75) is 76.4 Å². The molecule has 2 atom stereocenters. The zero-order valence-electron chi connectivity index (χ0n) is 19.1. The first kappa shape index (κ1) is 23.3. The molecule has 4 rings (SSSR count). The van der Waals surface area contributed by atoms with Crippen LogP contribution in [-0.4, -0.2) is 27.3 Å². The maximum absolute atomic E-state index is 13.4. The minimum Gasteiger partial charge on any atom is -0.384 e. The Morgan fingerprint density at radius 3 is 2.61 bits per heavy atom. The Hall–Kier alpha value is -2.87. The van der Waals surface area contributed by atoms with Crippen molar-refractivity contribution in [3.05, 3.63) is 56.6 Å². The highest BCUT2D eigenvalue weighted by Crippen LogP contribution is 2.46. The van der Waals surface area contributed by atoms with Crippen LogP contribution in [0.3, 0.4) is 0 Å². The number of nitrogens with zero attached hydrogens (tertiary/aromatic N) is 2. The van der Waals surface area contributed by atoms with Crippen molar-refractivity contribution in [2.24, 2.45) is 5.73 Å². The first-order chi connectivity index (χ1) is 15.7. The van der Waals surface area contributed by atoms with Crippen LogP contribution in [0.1, 0.15) is 75.2 Å². The Balaban J connectivity index is 1.61. The van der Waals surface area contributed by atoms with E-state index >= 15 is 0 Å². The first-order valence-electron chi connectivity index (χ1n) is 11.5. The summed E-state index contributed by atoms with van der Waals surface area (Å²) in [7, 11) is 0. The Bertz CT molecular complexity index is 1130. The maximum atomic E-state index is 13.4. The predicted molar refractivity (Wildman–Crippen MR) is 130 cm³/mol. The molecule has 2 aliphatic rings. The largest absolute Gasteiger partial charge is 0.384 e. The van der Waals surface area contributed by atoms with Gasteiger partial charge in [0.05, 0.1) is 5.69 Å². The average Bonchev–Trinajstić information content (AvgIpc) is 3.06. The molecular weight excluding hydrogens is 440 g/mol. The summed E-state index contributed by atoms with van der Waals surface area (Å²) in [6, 6.07) is 6.74. The molecule has 5 N–H and O–H groups in total. The van der Waals surface area contributed by atoms with Crippen LogP contribution in [0.5, 0.6) is 0 Å². The smallest absolute Gasteiger partial charge is 0.294 e. The molecule has 0 unspecified atom stereocenters. The van der Waals surface area contributed by atoms with Crippen LogP contribution in [0, 0.1) is 5.41 Å². The number of hydrogen-bond acceptors (Lipinski definition) is 5. The van der Waals surface area contributed by atoms with Gasteiger partial charge in [-0.25, -0.2) is 4.98 Å². The third kappa shape index (κ3) is 4.49. The molecule has 0 radical (unpaired) electrons. The number of nitrogens with one attached hydrogen (secondary N) is 3. The normalized spacial score (nSPS) is 21.8. The number of benzene rings is 1. The van der Waals surface area contributed by atoms with Crippen molar-refractivity contribution in [3.63, 3.8) is 0 Å². The van der Waals surface area contributed by atoms with Crippen LogP contribution in [-0.2, 0) is 16.8 Å². The van der Waals surface area contributed by atoms with Gasteiger partial charge < -0.3 is 16.4 Å². The molecule has 1 fully saturated rings. The number of carbonyl (C=O) groups is 1. The van der Waals surface area contributed by atoms with Gasteiger partial charge in [0.15, 0.2) is 11.0 Å². The molecule has 9 heteroatoms. The summed E-state index contributed by atoms with van der Waals surface area (Å²) in [5, 5.41) is 14.0. The van der Waals surface area contributed by atoms with Crippen molar-refractivity contribution >= 4 is 29.2 Å². The second kappa shape index (κ2) is 9.17. The number of amidine groups is 1. The van der Waals surface area contributed by atoms with Gasteiger partial charge >= 0.3 is 0 Å². The monoisotopic (exact) mass is 470 g/mol. The second-order valence-electron chi connectivity index (χ2n) is 9.41. The lowest BCUT2D eigenvalue weighted by atomic mass is 9.80. The number of rotatable bonds is 8. The third-order valence-electron chi connectivity index (χ3n) is 6.88. The summed E-state index contributed by atoms with van der Waals surface area (Å²) < 4.78 is 1.57. The van der Waals surface area contributed by atoms with E-state index in [1.165, 1.54) is 0 Å². The molecule has 2 heterocycles. The van der Waals surface area contributed by atoms with Crippen LogP contribution < -0.4 is 21.9 Å². The zero-order chi connectivity index (χ0) is 23.8. The van der Waals surface area contributed by atoms with E-state index in [9.17, 15) is 9.59 Å². The molecule has 2 aromatic rings. The topological polar surface area (TPSA) is 126 Å². The molecular formula is C24H31ClN6O2. The fourth-order valence-corrected chi connectivity index (χ4v) is 5.30. The molecule has 1 amide bonds. The van der Waals surface area contributed by atoms with E-state index in [1.54, 1.807) is 16.7 Å². The number of fused-ring (bicyclic) bond motifs is 1. The fraction of sp³-hybridized carbons (Fsp3) is 0.500. The highest BCUT2D eigenvalue weighted by molar-refractivity contribution is 6.30. The minimum absolute atomic E-state index is 0.000430. The molecule has 1 aromatic heterocycles. The van der Waals surface area contributed by atoms with Crippen molar-refractivity contribution in [1.82, 2.24) is 14.9 Å². The van der Waals surface area contributed by atoms with Crippen LogP contribution in [0.4, 0.5) is 5.82 Å². The summed E-state index contributed by atoms with van der Waals surface area (Å²) in [4.78, 5) is 31.2. The summed E-state index contributed by atoms with van der Waals surface area (Å²) >= 11 is 6.62. The number of hydrogen-bond donors (Lipinski definition) is 4. The van der Waals surface area contributed by atoms with Gasteiger partial charge in [-0.15, -0.1) is 0 Å². The van der Waals surface area contributed by atoms with Gasteiger partial charge in [-0.3, -0.25) is 19.6 Å². The summed E-state index contributed by atoms with van der Waals surface area (Å²) in [6.07, 6.45) is 5.34. The van der Waals surface area contributed by atoms with E-state index in [0.717, 1.165) is 37.7 Å². The molecule has 0 spiro atoms. The average molecular weight is 471 g/mol. The van der Waals surface area contributed by atoms with Crippen LogP contribution in [0.15, 0.2) is 29.1 Å². The van der Waals surface area contributed by atoms with Crippen LogP contribution >= 0.6 is 11.6 Å². The molecule has 1 saturated carbocycles. The molecule has 176 valence electrons. The van der Waals surface area contributed by atoms with E-state index in [1.807, 2.05) is 12.1 Å². The van der Waals surface area contributed by atoms with Crippen molar-refractivity contribution in [1.29, 1.82) is 5.41 Å². The lowest BCUT2D eigenvalue weighted by molar-refractivity contribution is -0.124. The number of nitrogens with two attached hydrogens (primary N) is 1. The summed E-state index contributed by atoms with van der Waals surface area (Å²) in [5.74, 6) is 0.0111.